The Labute approximate surface area is 112 Å². The van der Waals surface area contributed by atoms with Gasteiger partial charge in [-0.25, -0.2) is 0 Å². The Hall–Kier alpha value is -1.50. The SMILES string of the molecule is C=CC(C)NCc1cc(C(F)(F)F)cc(C(F)(F)F)c1. The van der Waals surface area contributed by atoms with Crippen molar-refractivity contribution in [3.63, 3.8) is 0 Å². The average molecular weight is 297 g/mol. The summed E-state index contributed by atoms with van der Waals surface area (Å²) in [6, 6.07) is 1.30. The van der Waals surface area contributed by atoms with Crippen molar-refractivity contribution < 1.29 is 26.3 Å². The van der Waals surface area contributed by atoms with Gasteiger partial charge < -0.3 is 5.32 Å². The Bertz CT molecular complexity index is 442. The van der Waals surface area contributed by atoms with Crippen LogP contribution in [-0.2, 0) is 18.9 Å². The van der Waals surface area contributed by atoms with Crippen molar-refractivity contribution in [2.75, 3.05) is 0 Å². The molecule has 1 atom stereocenters. The van der Waals surface area contributed by atoms with E-state index in [4.69, 9.17) is 0 Å². The molecule has 0 heterocycles. The van der Waals surface area contributed by atoms with Crippen molar-refractivity contribution in [3.8, 4) is 0 Å². The van der Waals surface area contributed by atoms with Crippen LogP contribution in [0.5, 0.6) is 0 Å². The molecule has 1 N–H and O–H groups in total. The van der Waals surface area contributed by atoms with Crippen LogP contribution in [0.1, 0.15) is 23.6 Å². The zero-order chi connectivity index (χ0) is 15.6. The molecule has 0 aliphatic rings. The van der Waals surface area contributed by atoms with E-state index in [2.05, 4.69) is 11.9 Å². The second-order valence-electron chi connectivity index (χ2n) is 4.32. The lowest BCUT2D eigenvalue weighted by atomic mass is 10.0. The number of benzene rings is 1. The lowest BCUT2D eigenvalue weighted by Gasteiger charge is -2.15. The first kappa shape index (κ1) is 16.6. The molecular weight excluding hydrogens is 284 g/mol. The van der Waals surface area contributed by atoms with Gasteiger partial charge in [-0.05, 0) is 30.7 Å². The second kappa shape index (κ2) is 5.87. The highest BCUT2D eigenvalue weighted by Crippen LogP contribution is 2.36. The molecular formula is C13H13F6N. The molecule has 0 saturated heterocycles. The second-order valence-corrected chi connectivity index (χ2v) is 4.32. The zero-order valence-corrected chi connectivity index (χ0v) is 10.6. The third-order valence-corrected chi connectivity index (χ3v) is 2.63. The van der Waals surface area contributed by atoms with Gasteiger partial charge in [-0.2, -0.15) is 26.3 Å². The number of hydrogen-bond donors (Lipinski definition) is 1. The lowest BCUT2D eigenvalue weighted by molar-refractivity contribution is -0.143. The van der Waals surface area contributed by atoms with Crippen LogP contribution in [0, 0.1) is 0 Å². The molecule has 0 amide bonds. The Morgan fingerprint density at radius 1 is 1.05 bits per heavy atom. The van der Waals surface area contributed by atoms with Crippen molar-refractivity contribution in [1.29, 1.82) is 0 Å². The quantitative estimate of drug-likeness (QED) is 0.642. The fraction of sp³-hybridized carbons (Fsp3) is 0.385. The van der Waals surface area contributed by atoms with E-state index in [1.54, 1.807) is 6.92 Å². The van der Waals surface area contributed by atoms with E-state index in [1.807, 2.05) is 0 Å². The van der Waals surface area contributed by atoms with E-state index in [-0.39, 0.29) is 24.2 Å². The van der Waals surface area contributed by atoms with Crippen molar-refractivity contribution in [1.82, 2.24) is 5.32 Å². The van der Waals surface area contributed by atoms with Gasteiger partial charge in [-0.1, -0.05) is 6.08 Å². The summed E-state index contributed by atoms with van der Waals surface area (Å²) >= 11 is 0. The van der Waals surface area contributed by atoms with Crippen molar-refractivity contribution in [2.24, 2.45) is 0 Å². The fourth-order valence-electron chi connectivity index (χ4n) is 1.48. The molecule has 112 valence electrons. The average Bonchev–Trinajstić information content (AvgIpc) is 2.33. The third kappa shape index (κ3) is 4.56. The smallest absolute Gasteiger partial charge is 0.307 e. The predicted molar refractivity (Wildman–Crippen MR) is 62.9 cm³/mol. The summed E-state index contributed by atoms with van der Waals surface area (Å²) in [6.45, 7) is 5.04. The van der Waals surface area contributed by atoms with E-state index in [9.17, 15) is 26.3 Å². The minimum Gasteiger partial charge on any atom is -0.307 e. The monoisotopic (exact) mass is 297 g/mol. The Balaban J connectivity index is 3.14. The van der Waals surface area contributed by atoms with Gasteiger partial charge in [-0.3, -0.25) is 0 Å². The van der Waals surface area contributed by atoms with E-state index in [0.29, 0.717) is 12.1 Å². The molecule has 1 aromatic rings. The molecule has 0 fully saturated rings. The summed E-state index contributed by atoms with van der Waals surface area (Å²) in [5.74, 6) is 0. The van der Waals surface area contributed by atoms with Crippen molar-refractivity contribution in [3.05, 3.63) is 47.5 Å². The topological polar surface area (TPSA) is 12.0 Å². The summed E-state index contributed by atoms with van der Waals surface area (Å²) in [6.07, 6.45) is -8.14. The minimum atomic E-state index is -4.82. The molecule has 0 saturated carbocycles. The van der Waals surface area contributed by atoms with Crippen molar-refractivity contribution >= 4 is 0 Å². The molecule has 0 aliphatic carbocycles. The molecule has 0 aromatic heterocycles. The normalized spacial score (nSPS) is 14.2. The van der Waals surface area contributed by atoms with Gasteiger partial charge in [0.05, 0.1) is 11.1 Å². The lowest BCUT2D eigenvalue weighted by Crippen LogP contribution is -2.23. The van der Waals surface area contributed by atoms with Gasteiger partial charge in [-0.15, -0.1) is 6.58 Å². The van der Waals surface area contributed by atoms with Crippen LogP contribution in [0.15, 0.2) is 30.9 Å². The number of rotatable bonds is 4. The highest BCUT2D eigenvalue weighted by atomic mass is 19.4. The van der Waals surface area contributed by atoms with Crippen molar-refractivity contribution in [2.45, 2.75) is 31.9 Å². The van der Waals surface area contributed by atoms with Crippen LogP contribution in [0.25, 0.3) is 0 Å². The molecule has 1 aromatic carbocycles. The summed E-state index contributed by atoms with van der Waals surface area (Å²) in [5, 5.41) is 2.75. The largest absolute Gasteiger partial charge is 0.416 e. The van der Waals surface area contributed by atoms with Crippen LogP contribution in [-0.4, -0.2) is 6.04 Å². The molecule has 0 radical (unpaired) electrons. The first-order valence-electron chi connectivity index (χ1n) is 5.68. The Morgan fingerprint density at radius 2 is 1.50 bits per heavy atom. The van der Waals surface area contributed by atoms with Crippen LogP contribution >= 0.6 is 0 Å². The minimum absolute atomic E-state index is 0.0825. The van der Waals surface area contributed by atoms with Gasteiger partial charge in [0.1, 0.15) is 0 Å². The highest BCUT2D eigenvalue weighted by Gasteiger charge is 2.36. The molecule has 1 rings (SSSR count). The fourth-order valence-corrected chi connectivity index (χ4v) is 1.48. The molecule has 20 heavy (non-hydrogen) atoms. The third-order valence-electron chi connectivity index (χ3n) is 2.63. The molecule has 0 aliphatic heterocycles. The first-order chi connectivity index (χ1) is 9.04. The first-order valence-corrected chi connectivity index (χ1v) is 5.68. The maximum atomic E-state index is 12.6. The number of nitrogens with one attached hydrogen (secondary N) is 1. The summed E-state index contributed by atoms with van der Waals surface area (Å²) in [5.41, 5.74) is -2.70. The van der Waals surface area contributed by atoms with E-state index in [0.717, 1.165) is 0 Å². The van der Waals surface area contributed by atoms with Crippen LogP contribution in [0.3, 0.4) is 0 Å². The summed E-state index contributed by atoms with van der Waals surface area (Å²) in [4.78, 5) is 0. The number of alkyl halides is 6. The molecule has 1 unspecified atom stereocenters. The van der Waals surface area contributed by atoms with E-state index < -0.39 is 23.5 Å². The predicted octanol–water partition coefficient (Wildman–Crippen LogP) is 4.39. The Morgan fingerprint density at radius 3 is 1.85 bits per heavy atom. The standard InChI is InChI=1S/C13H13F6N/c1-3-8(2)20-7-9-4-10(12(14,15)16)6-11(5-9)13(17,18)19/h3-6,8,20H,1,7H2,2H3. The van der Waals surface area contributed by atoms with Gasteiger partial charge in [0, 0.05) is 12.6 Å². The zero-order valence-electron chi connectivity index (χ0n) is 10.6. The van der Waals surface area contributed by atoms with Gasteiger partial charge in [0.2, 0.25) is 0 Å². The molecule has 7 heteroatoms. The van der Waals surface area contributed by atoms with Gasteiger partial charge in [0.15, 0.2) is 0 Å². The molecule has 1 nitrogen and oxygen atoms in total. The molecule has 0 spiro atoms. The highest BCUT2D eigenvalue weighted by molar-refractivity contribution is 5.33. The summed E-state index contributed by atoms with van der Waals surface area (Å²) < 4.78 is 75.6. The maximum absolute atomic E-state index is 12.6. The van der Waals surface area contributed by atoms with Crippen LogP contribution in [0.2, 0.25) is 0 Å². The van der Waals surface area contributed by atoms with E-state index in [1.165, 1.54) is 6.08 Å². The van der Waals surface area contributed by atoms with Crippen LogP contribution < -0.4 is 5.32 Å². The number of hydrogen-bond acceptors (Lipinski definition) is 1. The van der Waals surface area contributed by atoms with Gasteiger partial charge >= 0.3 is 12.4 Å². The van der Waals surface area contributed by atoms with Gasteiger partial charge in [0.25, 0.3) is 0 Å². The summed E-state index contributed by atoms with van der Waals surface area (Å²) in [7, 11) is 0. The maximum Gasteiger partial charge on any atom is 0.416 e. The van der Waals surface area contributed by atoms with E-state index >= 15 is 0 Å². The van der Waals surface area contributed by atoms with Crippen LogP contribution in [0.4, 0.5) is 26.3 Å². The number of halogens is 6. The Kier molecular flexibility index (Phi) is 4.86. The molecule has 0 bridgehead atoms.